The molecule has 0 radical (unpaired) electrons. The molecule has 1 heterocycles. The van der Waals surface area contributed by atoms with Crippen LogP contribution < -0.4 is 15.8 Å². The summed E-state index contributed by atoms with van der Waals surface area (Å²) in [5, 5.41) is 2.85. The maximum absolute atomic E-state index is 12.2. The van der Waals surface area contributed by atoms with Crippen molar-refractivity contribution in [1.29, 1.82) is 0 Å². The SMILES string of the molecule is CCNC(=O)N1[C@H](C)C[C@H](N)[C@@H]1COc1ccc(C)cc1. The number of hydrogen-bond acceptors (Lipinski definition) is 3. The Labute approximate surface area is 126 Å². The quantitative estimate of drug-likeness (QED) is 0.890. The molecule has 0 spiro atoms. The number of nitrogens with zero attached hydrogens (tertiary/aromatic N) is 1. The molecule has 1 aromatic rings. The third-order valence-electron chi connectivity index (χ3n) is 3.94. The first kappa shape index (κ1) is 15.6. The van der Waals surface area contributed by atoms with Crippen LogP contribution in [0.1, 0.15) is 25.8 Å². The first-order valence-electron chi connectivity index (χ1n) is 7.54. The number of nitrogens with one attached hydrogen (secondary N) is 1. The molecule has 1 aliphatic rings. The van der Waals surface area contributed by atoms with E-state index in [9.17, 15) is 4.79 Å². The van der Waals surface area contributed by atoms with Crippen LogP contribution in [0.5, 0.6) is 5.75 Å². The molecule has 0 unspecified atom stereocenters. The van der Waals surface area contributed by atoms with Gasteiger partial charge in [0, 0.05) is 18.6 Å². The molecule has 0 saturated carbocycles. The first-order valence-corrected chi connectivity index (χ1v) is 7.54. The summed E-state index contributed by atoms with van der Waals surface area (Å²) in [4.78, 5) is 14.0. The fraction of sp³-hybridized carbons (Fsp3) is 0.562. The van der Waals surface area contributed by atoms with Gasteiger partial charge in [-0.25, -0.2) is 4.79 Å². The second-order valence-electron chi connectivity index (χ2n) is 5.68. The largest absolute Gasteiger partial charge is 0.491 e. The molecule has 5 nitrogen and oxygen atoms in total. The molecule has 2 rings (SSSR count). The number of benzene rings is 1. The summed E-state index contributed by atoms with van der Waals surface area (Å²) >= 11 is 0. The lowest BCUT2D eigenvalue weighted by Crippen LogP contribution is -2.51. The van der Waals surface area contributed by atoms with Crippen molar-refractivity contribution in [1.82, 2.24) is 10.2 Å². The normalized spacial score (nSPS) is 25.0. The van der Waals surface area contributed by atoms with E-state index in [0.717, 1.165) is 12.2 Å². The number of urea groups is 1. The summed E-state index contributed by atoms with van der Waals surface area (Å²) < 4.78 is 5.82. The average molecular weight is 291 g/mol. The van der Waals surface area contributed by atoms with Crippen LogP contribution in [0.4, 0.5) is 4.79 Å². The van der Waals surface area contributed by atoms with Crippen LogP contribution >= 0.6 is 0 Å². The van der Waals surface area contributed by atoms with E-state index >= 15 is 0 Å². The molecule has 0 aromatic heterocycles. The second kappa shape index (κ2) is 6.80. The Morgan fingerprint density at radius 1 is 1.43 bits per heavy atom. The van der Waals surface area contributed by atoms with Crippen molar-refractivity contribution in [2.24, 2.45) is 5.73 Å². The smallest absolute Gasteiger partial charge is 0.318 e. The van der Waals surface area contributed by atoms with Crippen LogP contribution in [0.2, 0.25) is 0 Å². The number of carbonyl (C=O) groups excluding carboxylic acids is 1. The molecule has 0 bridgehead atoms. The highest BCUT2D eigenvalue weighted by atomic mass is 16.5. The Morgan fingerprint density at radius 2 is 2.10 bits per heavy atom. The van der Waals surface area contributed by atoms with Crippen molar-refractivity contribution in [3.63, 3.8) is 0 Å². The van der Waals surface area contributed by atoms with E-state index in [1.165, 1.54) is 5.56 Å². The summed E-state index contributed by atoms with van der Waals surface area (Å²) in [6.45, 7) is 7.01. The molecule has 1 fully saturated rings. The van der Waals surface area contributed by atoms with Gasteiger partial charge < -0.3 is 20.7 Å². The number of hydrogen-bond donors (Lipinski definition) is 2. The highest BCUT2D eigenvalue weighted by Crippen LogP contribution is 2.24. The molecule has 2 amide bonds. The number of aryl methyl sites for hydroxylation is 1. The summed E-state index contributed by atoms with van der Waals surface area (Å²) in [5.41, 5.74) is 7.37. The number of rotatable bonds is 4. The highest BCUT2D eigenvalue weighted by molar-refractivity contribution is 5.75. The lowest BCUT2D eigenvalue weighted by molar-refractivity contribution is 0.145. The molecule has 1 aliphatic heterocycles. The van der Waals surface area contributed by atoms with Crippen molar-refractivity contribution in [2.75, 3.05) is 13.2 Å². The Hall–Kier alpha value is -1.75. The third-order valence-corrected chi connectivity index (χ3v) is 3.94. The van der Waals surface area contributed by atoms with E-state index < -0.39 is 0 Å². The van der Waals surface area contributed by atoms with Gasteiger partial charge >= 0.3 is 6.03 Å². The van der Waals surface area contributed by atoms with E-state index in [1.807, 2.05) is 49.9 Å². The predicted molar refractivity (Wildman–Crippen MR) is 83.4 cm³/mol. The van der Waals surface area contributed by atoms with Gasteiger partial charge in [-0.05, 0) is 39.3 Å². The zero-order valence-electron chi connectivity index (χ0n) is 13.0. The number of ether oxygens (including phenoxy) is 1. The Balaban J connectivity index is 2.01. The predicted octanol–water partition coefficient (Wildman–Crippen LogP) is 1.89. The van der Waals surface area contributed by atoms with Gasteiger partial charge in [0.05, 0.1) is 6.04 Å². The minimum Gasteiger partial charge on any atom is -0.491 e. The van der Waals surface area contributed by atoms with Crippen molar-refractivity contribution in [3.8, 4) is 5.75 Å². The molecule has 116 valence electrons. The van der Waals surface area contributed by atoms with Gasteiger partial charge in [0.25, 0.3) is 0 Å². The lowest BCUT2D eigenvalue weighted by atomic mass is 10.1. The maximum atomic E-state index is 12.2. The van der Waals surface area contributed by atoms with Crippen molar-refractivity contribution < 1.29 is 9.53 Å². The van der Waals surface area contributed by atoms with Crippen molar-refractivity contribution in [2.45, 2.75) is 45.3 Å². The summed E-state index contributed by atoms with van der Waals surface area (Å²) in [6, 6.07) is 7.84. The summed E-state index contributed by atoms with van der Waals surface area (Å²) in [6.07, 6.45) is 0.805. The Morgan fingerprint density at radius 3 is 2.71 bits per heavy atom. The van der Waals surface area contributed by atoms with Crippen LogP contribution in [0.3, 0.4) is 0 Å². The van der Waals surface area contributed by atoms with E-state index in [4.69, 9.17) is 10.5 Å². The minimum absolute atomic E-state index is 0.0481. The molecule has 5 heteroatoms. The van der Waals surface area contributed by atoms with Crippen LogP contribution in [-0.2, 0) is 0 Å². The van der Waals surface area contributed by atoms with Crippen LogP contribution in [-0.4, -0.2) is 42.2 Å². The fourth-order valence-corrected chi connectivity index (χ4v) is 2.81. The van der Waals surface area contributed by atoms with Gasteiger partial charge in [-0.2, -0.15) is 0 Å². The molecule has 1 saturated heterocycles. The van der Waals surface area contributed by atoms with Crippen molar-refractivity contribution in [3.05, 3.63) is 29.8 Å². The maximum Gasteiger partial charge on any atom is 0.318 e. The van der Waals surface area contributed by atoms with E-state index in [0.29, 0.717) is 13.2 Å². The topological polar surface area (TPSA) is 67.6 Å². The minimum atomic E-state index is -0.0900. The molecule has 0 aliphatic carbocycles. The highest BCUT2D eigenvalue weighted by Gasteiger charge is 2.40. The van der Waals surface area contributed by atoms with Gasteiger partial charge in [0.1, 0.15) is 12.4 Å². The van der Waals surface area contributed by atoms with E-state index in [1.54, 1.807) is 0 Å². The number of likely N-dealkylation sites (tertiary alicyclic amines) is 1. The molecule has 1 aromatic carbocycles. The molecular weight excluding hydrogens is 266 g/mol. The molecule has 21 heavy (non-hydrogen) atoms. The van der Waals surface area contributed by atoms with Gasteiger partial charge in [-0.3, -0.25) is 0 Å². The lowest BCUT2D eigenvalue weighted by Gasteiger charge is -2.29. The zero-order valence-corrected chi connectivity index (χ0v) is 13.0. The average Bonchev–Trinajstić information content (AvgIpc) is 2.72. The fourth-order valence-electron chi connectivity index (χ4n) is 2.81. The summed E-state index contributed by atoms with van der Waals surface area (Å²) in [7, 11) is 0. The number of carbonyl (C=O) groups is 1. The number of nitrogens with two attached hydrogens (primary N) is 1. The van der Waals surface area contributed by atoms with E-state index in [2.05, 4.69) is 5.32 Å². The van der Waals surface area contributed by atoms with Gasteiger partial charge in [-0.1, -0.05) is 17.7 Å². The Bertz CT molecular complexity index is 475. The zero-order chi connectivity index (χ0) is 15.4. The second-order valence-corrected chi connectivity index (χ2v) is 5.68. The Kier molecular flexibility index (Phi) is 5.07. The third kappa shape index (κ3) is 3.67. The van der Waals surface area contributed by atoms with E-state index in [-0.39, 0.29) is 24.2 Å². The van der Waals surface area contributed by atoms with Gasteiger partial charge in [0.15, 0.2) is 0 Å². The molecule has 3 N–H and O–H groups in total. The van der Waals surface area contributed by atoms with Crippen LogP contribution in [0.15, 0.2) is 24.3 Å². The van der Waals surface area contributed by atoms with Crippen LogP contribution in [0, 0.1) is 6.92 Å². The standard InChI is InChI=1S/C16H25N3O2/c1-4-18-16(20)19-12(3)9-14(17)15(19)10-21-13-7-5-11(2)6-8-13/h5-8,12,14-15H,4,9-10,17H2,1-3H3,(H,18,20)/t12-,14+,15+/m1/s1. The van der Waals surface area contributed by atoms with Gasteiger partial charge in [-0.15, -0.1) is 0 Å². The molecular formula is C16H25N3O2. The summed E-state index contributed by atoms with van der Waals surface area (Å²) in [5.74, 6) is 0.809. The van der Waals surface area contributed by atoms with Crippen LogP contribution in [0.25, 0.3) is 0 Å². The molecule has 3 atom stereocenters. The monoisotopic (exact) mass is 291 g/mol. The van der Waals surface area contributed by atoms with Crippen molar-refractivity contribution >= 4 is 6.03 Å². The number of amides is 2. The first-order chi connectivity index (χ1) is 10.0. The van der Waals surface area contributed by atoms with Gasteiger partial charge in [0.2, 0.25) is 0 Å².